The fourth-order valence-corrected chi connectivity index (χ4v) is 3.04. The molecule has 1 aliphatic rings. The maximum atomic E-state index is 14.7. The molecule has 1 aliphatic heterocycles. The third kappa shape index (κ3) is 3.35. The van der Waals surface area contributed by atoms with E-state index >= 15 is 0 Å². The van der Waals surface area contributed by atoms with Crippen molar-refractivity contribution in [3.63, 3.8) is 0 Å². The average Bonchev–Trinajstić information content (AvgIpc) is 3.33. The summed E-state index contributed by atoms with van der Waals surface area (Å²) in [7, 11) is 0. The molecule has 1 saturated heterocycles. The number of nitrogens with two attached hydrogens (primary N) is 1. The highest BCUT2D eigenvalue weighted by molar-refractivity contribution is 9.10. The Labute approximate surface area is 160 Å². The molecule has 0 bridgehead atoms. The van der Waals surface area contributed by atoms with Gasteiger partial charge < -0.3 is 15.2 Å². The van der Waals surface area contributed by atoms with E-state index in [2.05, 4.69) is 36.4 Å². The number of anilines is 1. The molecule has 2 aromatic heterocycles. The Morgan fingerprint density at radius 1 is 1.30 bits per heavy atom. The van der Waals surface area contributed by atoms with E-state index < -0.39 is 11.6 Å². The van der Waals surface area contributed by atoms with E-state index in [1.54, 1.807) is 6.07 Å². The lowest BCUT2D eigenvalue weighted by Gasteiger charge is -2.14. The van der Waals surface area contributed by atoms with Gasteiger partial charge >= 0.3 is 0 Å². The Morgan fingerprint density at radius 2 is 2.15 bits per heavy atom. The summed E-state index contributed by atoms with van der Waals surface area (Å²) >= 11 is 3.28. The van der Waals surface area contributed by atoms with Gasteiger partial charge in [-0.2, -0.15) is 9.07 Å². The molecule has 1 aromatic carbocycles. The van der Waals surface area contributed by atoms with Gasteiger partial charge in [0.05, 0.1) is 18.8 Å². The predicted molar refractivity (Wildman–Crippen MR) is 94.3 cm³/mol. The van der Waals surface area contributed by atoms with Crippen molar-refractivity contribution in [2.24, 2.45) is 0 Å². The number of hydrogen-bond donors (Lipinski definition) is 1. The van der Waals surface area contributed by atoms with Crippen molar-refractivity contribution >= 4 is 21.7 Å². The minimum atomic E-state index is -1.14. The number of hydrogen-bond acceptors (Lipinski definition) is 7. The van der Waals surface area contributed by atoms with E-state index in [4.69, 9.17) is 15.2 Å². The lowest BCUT2D eigenvalue weighted by atomic mass is 10.2. The molecule has 0 aliphatic carbocycles. The molecule has 0 saturated carbocycles. The molecule has 140 valence electrons. The molecule has 3 aromatic rings. The molecule has 8 nitrogen and oxygen atoms in total. The molecule has 3 heterocycles. The van der Waals surface area contributed by atoms with Crippen LogP contribution in [0.25, 0.3) is 17.1 Å². The highest BCUT2D eigenvalue weighted by Gasteiger charge is 2.24. The summed E-state index contributed by atoms with van der Waals surface area (Å²) in [5, 5.41) is 11.2. The van der Waals surface area contributed by atoms with Gasteiger partial charge in [0.1, 0.15) is 17.6 Å². The first kappa shape index (κ1) is 17.7. The molecule has 0 spiro atoms. The predicted octanol–water partition coefficient (Wildman–Crippen LogP) is 2.51. The lowest BCUT2D eigenvalue weighted by Crippen LogP contribution is -2.17. The number of benzene rings is 1. The van der Waals surface area contributed by atoms with Gasteiger partial charge in [-0.05, 0) is 44.6 Å². The number of ether oxygens (including phenoxy) is 2. The van der Waals surface area contributed by atoms with Crippen LogP contribution in [0.4, 0.5) is 14.6 Å². The van der Waals surface area contributed by atoms with Crippen LogP contribution in [0.2, 0.25) is 0 Å². The third-order valence-electron chi connectivity index (χ3n) is 4.03. The second-order valence-corrected chi connectivity index (χ2v) is 6.73. The first-order valence-electron chi connectivity index (χ1n) is 7.97. The molecule has 0 radical (unpaired) electrons. The Kier molecular flexibility index (Phi) is 4.70. The van der Waals surface area contributed by atoms with Crippen LogP contribution < -0.4 is 10.5 Å². The second-order valence-electron chi connectivity index (χ2n) is 5.81. The summed E-state index contributed by atoms with van der Waals surface area (Å²) in [6.45, 7) is 0.873. The molecule has 0 unspecified atom stereocenters. The number of nitrogen functional groups attached to an aromatic ring is 1. The third-order valence-corrected chi connectivity index (χ3v) is 4.47. The molecule has 0 amide bonds. The number of rotatable bonds is 4. The topological polar surface area (TPSA) is 101 Å². The zero-order valence-electron chi connectivity index (χ0n) is 13.8. The SMILES string of the molecule is Nc1ncc(Br)cc1-c1nnnn1-c1ccc(O[C@@H]2CCOC2)c(F)c1F. The van der Waals surface area contributed by atoms with Gasteiger partial charge in [0.25, 0.3) is 0 Å². The monoisotopic (exact) mass is 438 g/mol. The summed E-state index contributed by atoms with van der Waals surface area (Å²) in [4.78, 5) is 4.00. The van der Waals surface area contributed by atoms with E-state index in [0.717, 1.165) is 4.68 Å². The smallest absolute Gasteiger partial charge is 0.202 e. The van der Waals surface area contributed by atoms with E-state index in [1.807, 2.05) is 0 Å². The number of aromatic nitrogens is 5. The Hall–Kier alpha value is -2.66. The van der Waals surface area contributed by atoms with Gasteiger partial charge in [0.2, 0.25) is 5.82 Å². The molecule has 1 fully saturated rings. The summed E-state index contributed by atoms with van der Waals surface area (Å²) in [6.07, 6.45) is 1.82. The Morgan fingerprint density at radius 3 is 2.93 bits per heavy atom. The van der Waals surface area contributed by atoms with Crippen molar-refractivity contribution in [2.45, 2.75) is 12.5 Å². The van der Waals surface area contributed by atoms with Crippen molar-refractivity contribution in [2.75, 3.05) is 18.9 Å². The van der Waals surface area contributed by atoms with Crippen LogP contribution in [0.1, 0.15) is 6.42 Å². The molecule has 4 rings (SSSR count). The Balaban J connectivity index is 1.73. The number of pyridine rings is 1. The van der Waals surface area contributed by atoms with E-state index in [-0.39, 0.29) is 29.2 Å². The molecule has 2 N–H and O–H groups in total. The van der Waals surface area contributed by atoms with Crippen LogP contribution in [0.3, 0.4) is 0 Å². The molecular weight excluding hydrogens is 426 g/mol. The number of tetrazole rings is 1. The van der Waals surface area contributed by atoms with Gasteiger partial charge in [-0.1, -0.05) is 0 Å². The summed E-state index contributed by atoms with van der Waals surface area (Å²) < 4.78 is 41.6. The van der Waals surface area contributed by atoms with E-state index in [1.165, 1.54) is 18.3 Å². The second kappa shape index (κ2) is 7.16. The quantitative estimate of drug-likeness (QED) is 0.667. The standard InChI is InChI=1S/C16H13BrF2N6O2/c17-8-5-10(15(20)21-6-8)16-22-23-24-25(16)11-1-2-12(14(19)13(11)18)27-9-3-4-26-7-9/h1-2,5-6,9H,3-4,7H2,(H2,20,21)/t9-/m1/s1. The average molecular weight is 439 g/mol. The van der Waals surface area contributed by atoms with Gasteiger partial charge in [-0.15, -0.1) is 5.10 Å². The van der Waals surface area contributed by atoms with Crippen molar-refractivity contribution in [1.82, 2.24) is 25.2 Å². The summed E-state index contributed by atoms with van der Waals surface area (Å²) in [6, 6.07) is 4.31. The normalized spacial score (nSPS) is 16.6. The highest BCUT2D eigenvalue weighted by Crippen LogP contribution is 2.31. The highest BCUT2D eigenvalue weighted by atomic mass is 79.9. The fourth-order valence-electron chi connectivity index (χ4n) is 2.71. The fraction of sp³-hybridized carbons (Fsp3) is 0.250. The molecule has 27 heavy (non-hydrogen) atoms. The van der Waals surface area contributed by atoms with Crippen molar-refractivity contribution in [1.29, 1.82) is 0 Å². The van der Waals surface area contributed by atoms with Crippen LogP contribution in [0, 0.1) is 11.6 Å². The van der Waals surface area contributed by atoms with Crippen LogP contribution in [0.5, 0.6) is 5.75 Å². The van der Waals surface area contributed by atoms with Crippen LogP contribution in [-0.2, 0) is 4.74 Å². The van der Waals surface area contributed by atoms with Gasteiger partial charge in [0.15, 0.2) is 17.4 Å². The first-order chi connectivity index (χ1) is 13.0. The maximum absolute atomic E-state index is 14.7. The summed E-state index contributed by atoms with van der Waals surface area (Å²) in [5.41, 5.74) is 6.06. The van der Waals surface area contributed by atoms with Crippen molar-refractivity contribution < 1.29 is 18.3 Å². The van der Waals surface area contributed by atoms with Crippen LogP contribution >= 0.6 is 15.9 Å². The van der Waals surface area contributed by atoms with Gasteiger partial charge in [0, 0.05) is 17.1 Å². The van der Waals surface area contributed by atoms with Crippen LogP contribution in [0.15, 0.2) is 28.9 Å². The minimum absolute atomic E-state index is 0.123. The van der Waals surface area contributed by atoms with Gasteiger partial charge in [-0.3, -0.25) is 0 Å². The van der Waals surface area contributed by atoms with Gasteiger partial charge in [-0.25, -0.2) is 9.37 Å². The molecular formula is C16H13BrF2N6O2. The maximum Gasteiger partial charge on any atom is 0.202 e. The van der Waals surface area contributed by atoms with Crippen LogP contribution in [-0.4, -0.2) is 44.5 Å². The largest absolute Gasteiger partial charge is 0.485 e. The first-order valence-corrected chi connectivity index (χ1v) is 8.76. The molecule has 1 atom stereocenters. The zero-order valence-corrected chi connectivity index (χ0v) is 15.4. The summed E-state index contributed by atoms with van der Waals surface area (Å²) in [5.74, 6) is -2.18. The van der Waals surface area contributed by atoms with Crippen molar-refractivity contribution in [3.8, 4) is 22.8 Å². The molecule has 11 heteroatoms. The van der Waals surface area contributed by atoms with E-state index in [0.29, 0.717) is 29.7 Å². The lowest BCUT2D eigenvalue weighted by molar-refractivity contribution is 0.137. The number of nitrogens with zero attached hydrogens (tertiary/aromatic N) is 5. The Bertz CT molecular complexity index is 993. The minimum Gasteiger partial charge on any atom is -0.485 e. The zero-order chi connectivity index (χ0) is 19.0. The number of halogens is 3. The van der Waals surface area contributed by atoms with Crippen molar-refractivity contribution in [3.05, 3.63) is 40.5 Å². The van der Waals surface area contributed by atoms with E-state index in [9.17, 15) is 8.78 Å².